The maximum atomic E-state index is 14.2. The first kappa shape index (κ1) is 28.0. The molecular formula is C25H39NO7SSi. The van der Waals surface area contributed by atoms with Crippen molar-refractivity contribution in [1.29, 1.82) is 0 Å². The number of carbonyl (C=O) groups excluding carboxylic acids is 2. The molecule has 0 aromatic heterocycles. The van der Waals surface area contributed by atoms with Crippen molar-refractivity contribution in [2.24, 2.45) is 5.92 Å². The maximum Gasteiger partial charge on any atom is 0.339 e. The summed E-state index contributed by atoms with van der Waals surface area (Å²) < 4.78 is 16.7. The highest BCUT2D eigenvalue weighted by atomic mass is 32.2. The number of ether oxygens (including phenoxy) is 1. The second-order valence-corrected chi connectivity index (χ2v) is 17.8. The third-order valence-electron chi connectivity index (χ3n) is 7.49. The number of benzene rings is 1. The largest absolute Gasteiger partial charge is 0.437 e. The fourth-order valence-corrected chi connectivity index (χ4v) is 6.73. The van der Waals surface area contributed by atoms with Crippen molar-refractivity contribution in [3.8, 4) is 5.75 Å². The van der Waals surface area contributed by atoms with Crippen LogP contribution in [0.25, 0.3) is 0 Å². The summed E-state index contributed by atoms with van der Waals surface area (Å²) in [7, 11) is -2.56. The molecule has 8 nitrogen and oxygen atoms in total. The molecule has 4 unspecified atom stereocenters. The summed E-state index contributed by atoms with van der Waals surface area (Å²) in [5.74, 6) is -0.980. The minimum Gasteiger partial charge on any atom is -0.437 e. The molecule has 2 aliphatic rings. The molecule has 0 bridgehead atoms. The van der Waals surface area contributed by atoms with Gasteiger partial charge in [-0.05, 0) is 57.0 Å². The number of rotatable bonds is 8. The summed E-state index contributed by atoms with van der Waals surface area (Å²) in [5, 5.41) is 11.3. The highest BCUT2D eigenvalue weighted by Crippen LogP contribution is 2.58. The lowest BCUT2D eigenvalue weighted by molar-refractivity contribution is -0.157. The summed E-state index contributed by atoms with van der Waals surface area (Å²) in [6, 6.07) is 8.91. The summed E-state index contributed by atoms with van der Waals surface area (Å²) in [4.78, 5) is 34.7. The quantitative estimate of drug-likeness (QED) is 0.172. The van der Waals surface area contributed by atoms with E-state index in [-0.39, 0.29) is 11.0 Å². The van der Waals surface area contributed by atoms with Crippen molar-refractivity contribution in [3.05, 3.63) is 30.3 Å². The van der Waals surface area contributed by atoms with Gasteiger partial charge in [-0.15, -0.1) is 4.33 Å². The summed E-state index contributed by atoms with van der Waals surface area (Å²) in [5.41, 5.74) is -3.01. The summed E-state index contributed by atoms with van der Waals surface area (Å²) in [6.07, 6.45) is -2.28. The first-order valence-corrected chi connectivity index (χ1v) is 15.6. The van der Waals surface area contributed by atoms with Crippen LogP contribution in [0.3, 0.4) is 0 Å². The lowest BCUT2D eigenvalue weighted by Crippen LogP contribution is -2.67. The molecule has 1 aromatic rings. The normalized spacial score (nSPS) is 29.4. The molecule has 2 saturated heterocycles. The molecule has 196 valence electrons. The monoisotopic (exact) mass is 525 g/mol. The van der Waals surface area contributed by atoms with Crippen LogP contribution in [0.1, 0.15) is 55.4 Å². The van der Waals surface area contributed by atoms with E-state index in [9.17, 15) is 14.7 Å². The molecule has 35 heavy (non-hydrogen) atoms. The fourth-order valence-electron chi connectivity index (χ4n) is 4.55. The lowest BCUT2D eigenvalue weighted by Gasteiger charge is -2.46. The molecule has 1 amide bonds. The molecule has 10 heteroatoms. The van der Waals surface area contributed by atoms with Crippen LogP contribution in [-0.2, 0) is 23.1 Å². The predicted molar refractivity (Wildman–Crippen MR) is 137 cm³/mol. The Kier molecular flexibility index (Phi) is 7.24. The van der Waals surface area contributed by atoms with E-state index in [1.54, 1.807) is 45.0 Å². The highest BCUT2D eigenvalue weighted by Gasteiger charge is 2.80. The second kappa shape index (κ2) is 9.06. The number of esters is 1. The molecule has 2 aliphatic heterocycles. The maximum absolute atomic E-state index is 14.2. The van der Waals surface area contributed by atoms with Gasteiger partial charge in [-0.3, -0.25) is 9.69 Å². The number of aliphatic hydroxyl groups excluding tert-OH is 1. The Morgan fingerprint density at radius 1 is 1.11 bits per heavy atom. The Balaban J connectivity index is 2.14. The molecular weight excluding hydrogens is 486 g/mol. The highest BCUT2D eigenvalue weighted by molar-refractivity contribution is 7.96. The van der Waals surface area contributed by atoms with Gasteiger partial charge in [0.1, 0.15) is 10.9 Å². The number of aliphatic hydroxyl groups is 1. The Morgan fingerprint density at radius 3 is 2.20 bits per heavy atom. The Morgan fingerprint density at radius 2 is 1.69 bits per heavy atom. The van der Waals surface area contributed by atoms with Gasteiger partial charge >= 0.3 is 5.97 Å². The third kappa shape index (κ3) is 4.41. The van der Waals surface area contributed by atoms with E-state index in [0.29, 0.717) is 5.75 Å². The van der Waals surface area contributed by atoms with Crippen LogP contribution in [0.4, 0.5) is 0 Å². The van der Waals surface area contributed by atoms with Gasteiger partial charge in [0.2, 0.25) is 5.91 Å². The zero-order chi connectivity index (χ0) is 26.6. The fraction of sp³-hybridized carbons (Fsp3) is 0.680. The van der Waals surface area contributed by atoms with Gasteiger partial charge in [0.05, 0.1) is 18.1 Å². The van der Waals surface area contributed by atoms with Crippen molar-refractivity contribution >= 4 is 32.2 Å². The molecule has 0 saturated carbocycles. The van der Waals surface area contributed by atoms with Crippen LogP contribution in [0.2, 0.25) is 18.1 Å². The minimum atomic E-state index is -2.56. The zero-order valence-corrected chi connectivity index (χ0v) is 24.2. The van der Waals surface area contributed by atoms with E-state index in [0.717, 1.165) is 12.0 Å². The van der Waals surface area contributed by atoms with Gasteiger partial charge in [-0.1, -0.05) is 52.8 Å². The smallest absolute Gasteiger partial charge is 0.339 e. The molecule has 0 aliphatic carbocycles. The zero-order valence-electron chi connectivity index (χ0n) is 22.4. The summed E-state index contributed by atoms with van der Waals surface area (Å²) in [6.45, 7) is 18.9. The lowest BCUT2D eigenvalue weighted by atomic mass is 9.79. The van der Waals surface area contributed by atoms with Crippen molar-refractivity contribution in [2.45, 2.75) is 102 Å². The van der Waals surface area contributed by atoms with E-state index in [2.05, 4.69) is 20.8 Å². The van der Waals surface area contributed by atoms with Crippen molar-refractivity contribution in [2.75, 3.05) is 0 Å². The number of hydrogen-bond donors (Lipinski definition) is 1. The predicted octanol–water partition coefficient (Wildman–Crippen LogP) is 4.69. The van der Waals surface area contributed by atoms with E-state index in [4.69, 9.17) is 18.4 Å². The third-order valence-corrected chi connectivity index (χ3v) is 12.8. The van der Waals surface area contributed by atoms with Crippen LogP contribution in [0, 0.1) is 5.92 Å². The van der Waals surface area contributed by atoms with Crippen molar-refractivity contribution in [3.63, 3.8) is 0 Å². The van der Waals surface area contributed by atoms with Crippen LogP contribution in [-0.4, -0.2) is 58.4 Å². The molecule has 1 N–H and O–H groups in total. The van der Waals surface area contributed by atoms with E-state index in [1.165, 1.54) is 4.90 Å². The van der Waals surface area contributed by atoms with Gasteiger partial charge < -0.3 is 19.2 Å². The van der Waals surface area contributed by atoms with Gasteiger partial charge in [0.25, 0.3) is 0 Å². The Bertz CT molecular complexity index is 964. The van der Waals surface area contributed by atoms with Gasteiger partial charge in [-0.2, -0.15) is 0 Å². The standard InChI is InChI=1S/C25H39NO7SSi/c1-16(2)18(27)25-19(32-35(9,10)22(3,4)5)24(8,34-33-31-17-14-12-11-13-15-17)20(28)26(25)23(6,7)30-21(25)29/h11-16,18-19,27H,1-10H3. The first-order chi connectivity index (χ1) is 15.9. The number of para-hydroxylation sites is 1. The van der Waals surface area contributed by atoms with Gasteiger partial charge in [-0.25, -0.2) is 4.79 Å². The minimum absolute atomic E-state index is 0.224. The Labute approximate surface area is 213 Å². The number of nitrogens with zero attached hydrogens (tertiary/aromatic N) is 1. The van der Waals surface area contributed by atoms with Gasteiger partial charge in [0.15, 0.2) is 25.3 Å². The molecule has 2 heterocycles. The second-order valence-electron chi connectivity index (χ2n) is 11.9. The SMILES string of the molecule is CC(C)C(O)C12C(=O)OC(C)(C)N1C(=O)C(C)(SOOc1ccccc1)C2O[Si](C)(C)C(C)(C)C. The first-order valence-electron chi connectivity index (χ1n) is 11.9. The van der Waals surface area contributed by atoms with E-state index >= 15 is 0 Å². The number of carbonyl (C=O) groups is 2. The van der Waals surface area contributed by atoms with Crippen molar-refractivity contribution in [1.82, 2.24) is 4.90 Å². The number of hydrogen-bond acceptors (Lipinski definition) is 8. The molecule has 0 spiro atoms. The molecule has 3 rings (SSSR count). The average molecular weight is 526 g/mol. The molecule has 2 fully saturated rings. The molecule has 4 atom stereocenters. The van der Waals surface area contributed by atoms with Crippen LogP contribution in [0.15, 0.2) is 30.3 Å². The number of cyclic esters (lactones) is 1. The average Bonchev–Trinajstić information content (AvgIpc) is 3.06. The molecule has 1 aromatic carbocycles. The number of amides is 1. The number of fused-ring (bicyclic) bond motifs is 1. The van der Waals surface area contributed by atoms with E-state index in [1.807, 2.05) is 33.0 Å². The topological polar surface area (TPSA) is 94.5 Å². The summed E-state index contributed by atoms with van der Waals surface area (Å²) >= 11 is 0.801. The van der Waals surface area contributed by atoms with Crippen LogP contribution in [0.5, 0.6) is 5.75 Å². The van der Waals surface area contributed by atoms with Gasteiger partial charge in [0, 0.05) is 0 Å². The molecule has 0 radical (unpaired) electrons. The van der Waals surface area contributed by atoms with Crippen molar-refractivity contribution < 1.29 is 33.1 Å². The van der Waals surface area contributed by atoms with Crippen LogP contribution >= 0.6 is 12.0 Å². The van der Waals surface area contributed by atoms with E-state index < -0.39 is 48.4 Å². The van der Waals surface area contributed by atoms with Crippen LogP contribution < -0.4 is 4.89 Å². The Hall–Kier alpha value is -1.59.